The maximum atomic E-state index is 12.9. The summed E-state index contributed by atoms with van der Waals surface area (Å²) < 4.78 is 0.746. The van der Waals surface area contributed by atoms with Crippen LogP contribution in [0.2, 0.25) is 0 Å². The highest BCUT2D eigenvalue weighted by Crippen LogP contribution is 2.29. The number of carbonyl (C=O) groups is 1. The van der Waals surface area contributed by atoms with Gasteiger partial charge in [0, 0.05) is 44.8 Å². The number of hydrogen-bond donors (Lipinski definition) is 1. The summed E-state index contributed by atoms with van der Waals surface area (Å²) in [6.45, 7) is 2.51. The minimum absolute atomic E-state index is 0.0256. The Morgan fingerprint density at radius 3 is 2.03 bits per heavy atom. The summed E-state index contributed by atoms with van der Waals surface area (Å²) >= 11 is 3.27. The Labute approximate surface area is 201 Å². The van der Waals surface area contributed by atoms with Gasteiger partial charge in [0.1, 0.15) is 11.6 Å². The maximum absolute atomic E-state index is 12.9. The van der Waals surface area contributed by atoms with Crippen LogP contribution in [0.3, 0.4) is 0 Å². The number of aromatic nitrogens is 2. The number of nitrogens with one attached hydrogen (secondary N) is 1. The van der Waals surface area contributed by atoms with E-state index in [1.165, 1.54) is 17.3 Å². The number of halogens is 1. The predicted octanol–water partition coefficient (Wildman–Crippen LogP) is 3.99. The average molecular weight is 503 g/mol. The molecule has 0 bridgehead atoms. The number of benzene rings is 2. The lowest BCUT2D eigenvalue weighted by Crippen LogP contribution is -2.50. The van der Waals surface area contributed by atoms with Crippen molar-refractivity contribution in [1.82, 2.24) is 19.8 Å². The minimum atomic E-state index is -0.294. The van der Waals surface area contributed by atoms with E-state index in [1.54, 1.807) is 17.3 Å². The number of nitrogens with zero attached hydrogens (tertiary/aromatic N) is 5. The molecular formula is C25H23BrN6O. The van der Waals surface area contributed by atoms with E-state index < -0.39 is 0 Å². The molecule has 33 heavy (non-hydrogen) atoms. The molecule has 1 aliphatic rings. The van der Waals surface area contributed by atoms with E-state index in [1.807, 2.05) is 18.2 Å². The van der Waals surface area contributed by atoms with Gasteiger partial charge in [-0.3, -0.25) is 9.69 Å². The Hall–Kier alpha value is -3.54. The Bertz CT molecular complexity index is 1100. The number of hydrogen-bond acceptors (Lipinski definition) is 6. The first-order chi connectivity index (χ1) is 16.2. The first-order valence-corrected chi connectivity index (χ1v) is 11.4. The van der Waals surface area contributed by atoms with Crippen LogP contribution in [0.4, 0.5) is 5.95 Å². The first-order valence-electron chi connectivity index (χ1n) is 10.6. The highest BCUT2D eigenvalue weighted by Gasteiger charge is 2.29. The number of nitriles is 1. The largest absolute Gasteiger partial charge is 0.335 e. The first kappa shape index (κ1) is 22.6. The van der Waals surface area contributed by atoms with Crippen LogP contribution in [0, 0.1) is 11.3 Å². The molecule has 1 aliphatic heterocycles. The summed E-state index contributed by atoms with van der Waals surface area (Å²) in [4.78, 5) is 25.2. The molecule has 1 aromatic heterocycles. The molecule has 0 aliphatic carbocycles. The van der Waals surface area contributed by atoms with Gasteiger partial charge in [0.2, 0.25) is 5.95 Å². The van der Waals surface area contributed by atoms with Crippen molar-refractivity contribution in [2.24, 2.45) is 0 Å². The van der Waals surface area contributed by atoms with Gasteiger partial charge in [0.25, 0.3) is 5.91 Å². The third-order valence-corrected chi connectivity index (χ3v) is 5.92. The molecule has 1 saturated heterocycles. The van der Waals surface area contributed by atoms with Gasteiger partial charge in [0.15, 0.2) is 0 Å². The summed E-state index contributed by atoms with van der Waals surface area (Å²) in [6, 6.07) is 22.9. The summed E-state index contributed by atoms with van der Waals surface area (Å²) in [6.07, 6.45) is 4.55. The van der Waals surface area contributed by atoms with Crippen LogP contribution in [0.25, 0.3) is 0 Å². The van der Waals surface area contributed by atoms with E-state index in [0.717, 1.165) is 4.47 Å². The second kappa shape index (κ2) is 10.9. The molecule has 8 heteroatoms. The number of amides is 1. The van der Waals surface area contributed by atoms with Crippen LogP contribution in [-0.2, 0) is 4.79 Å². The average Bonchev–Trinajstić information content (AvgIpc) is 2.87. The molecule has 1 amide bonds. The quantitative estimate of drug-likeness (QED) is 0.405. The van der Waals surface area contributed by atoms with Crippen molar-refractivity contribution in [3.05, 3.63) is 100 Å². The van der Waals surface area contributed by atoms with Crippen LogP contribution in [0.15, 0.2) is 89.3 Å². The Kier molecular flexibility index (Phi) is 7.45. The lowest BCUT2D eigenvalue weighted by Gasteiger charge is -2.39. The second-order valence-corrected chi connectivity index (χ2v) is 8.51. The van der Waals surface area contributed by atoms with Gasteiger partial charge in [-0.15, -0.1) is 0 Å². The zero-order valence-corrected chi connectivity index (χ0v) is 19.5. The molecule has 3 aromatic rings. The smallest absolute Gasteiger partial charge is 0.266 e. The van der Waals surface area contributed by atoms with Gasteiger partial charge < -0.3 is 10.2 Å². The van der Waals surface area contributed by atoms with Crippen LogP contribution in [0.1, 0.15) is 17.2 Å². The molecular weight excluding hydrogens is 480 g/mol. The summed E-state index contributed by atoms with van der Waals surface area (Å²) in [7, 11) is 0. The topological polar surface area (TPSA) is 85.1 Å². The SMILES string of the molecule is N#C/C(=C/Nc1ncc(Br)cn1)C(=O)N1CCN(C(c2ccccc2)c2ccccc2)CC1. The van der Waals surface area contributed by atoms with Crippen molar-refractivity contribution >= 4 is 27.8 Å². The fourth-order valence-electron chi connectivity index (χ4n) is 3.90. The number of rotatable bonds is 6. The molecule has 1 N–H and O–H groups in total. The highest BCUT2D eigenvalue weighted by molar-refractivity contribution is 9.10. The molecule has 0 radical (unpaired) electrons. The normalized spacial score (nSPS) is 14.7. The van der Waals surface area contributed by atoms with Gasteiger partial charge in [-0.2, -0.15) is 5.26 Å². The fraction of sp³-hybridized carbons (Fsp3) is 0.200. The zero-order chi connectivity index (χ0) is 23.0. The molecule has 2 heterocycles. The molecule has 4 rings (SSSR count). The standard InChI is InChI=1S/C25H23BrN6O/c26-22-17-29-25(30-18-22)28-16-21(15-27)24(33)32-13-11-31(12-14-32)23(19-7-3-1-4-8-19)20-9-5-2-6-10-20/h1-10,16-18,23H,11-14H2,(H,28,29,30)/b21-16-. The third kappa shape index (κ3) is 5.64. The molecule has 0 unspecified atom stereocenters. The van der Waals surface area contributed by atoms with E-state index in [9.17, 15) is 10.1 Å². The Balaban J connectivity index is 1.44. The second-order valence-electron chi connectivity index (χ2n) is 7.59. The molecule has 2 aromatic carbocycles. The third-order valence-electron chi connectivity index (χ3n) is 5.51. The molecule has 0 spiro atoms. The lowest BCUT2D eigenvalue weighted by atomic mass is 9.96. The number of piperazine rings is 1. The minimum Gasteiger partial charge on any atom is -0.335 e. The monoisotopic (exact) mass is 502 g/mol. The number of anilines is 1. The van der Waals surface area contributed by atoms with E-state index in [-0.39, 0.29) is 17.5 Å². The van der Waals surface area contributed by atoms with Gasteiger partial charge in [0.05, 0.1) is 10.5 Å². The van der Waals surface area contributed by atoms with Crippen LogP contribution in [-0.4, -0.2) is 51.9 Å². The van der Waals surface area contributed by atoms with E-state index >= 15 is 0 Å². The predicted molar refractivity (Wildman–Crippen MR) is 130 cm³/mol. The summed E-state index contributed by atoms with van der Waals surface area (Å²) in [5.41, 5.74) is 2.47. The van der Waals surface area contributed by atoms with Crippen LogP contribution >= 0.6 is 15.9 Å². The van der Waals surface area contributed by atoms with Crippen molar-refractivity contribution in [1.29, 1.82) is 5.26 Å². The number of carbonyl (C=O) groups excluding carboxylic acids is 1. The van der Waals surface area contributed by atoms with Crippen molar-refractivity contribution < 1.29 is 4.79 Å². The Morgan fingerprint density at radius 1 is 0.970 bits per heavy atom. The maximum Gasteiger partial charge on any atom is 0.266 e. The van der Waals surface area contributed by atoms with Crippen molar-refractivity contribution in [2.45, 2.75) is 6.04 Å². The van der Waals surface area contributed by atoms with Gasteiger partial charge in [-0.25, -0.2) is 9.97 Å². The lowest BCUT2D eigenvalue weighted by molar-refractivity contribution is -0.128. The van der Waals surface area contributed by atoms with Crippen molar-refractivity contribution in [3.8, 4) is 6.07 Å². The fourth-order valence-corrected chi connectivity index (χ4v) is 4.11. The van der Waals surface area contributed by atoms with Crippen molar-refractivity contribution in [2.75, 3.05) is 31.5 Å². The molecule has 1 fully saturated rings. The molecule has 0 atom stereocenters. The van der Waals surface area contributed by atoms with E-state index in [0.29, 0.717) is 32.1 Å². The Morgan fingerprint density at radius 2 is 1.52 bits per heavy atom. The van der Waals surface area contributed by atoms with Crippen LogP contribution < -0.4 is 5.32 Å². The summed E-state index contributed by atoms with van der Waals surface area (Å²) in [5, 5.41) is 12.3. The van der Waals surface area contributed by atoms with Crippen molar-refractivity contribution in [3.63, 3.8) is 0 Å². The molecule has 0 saturated carbocycles. The highest BCUT2D eigenvalue weighted by atomic mass is 79.9. The van der Waals surface area contributed by atoms with Gasteiger partial charge in [-0.05, 0) is 27.1 Å². The van der Waals surface area contributed by atoms with E-state index in [4.69, 9.17) is 0 Å². The van der Waals surface area contributed by atoms with Crippen LogP contribution in [0.5, 0.6) is 0 Å². The zero-order valence-electron chi connectivity index (χ0n) is 17.9. The molecule has 166 valence electrons. The summed E-state index contributed by atoms with van der Waals surface area (Å²) in [5.74, 6) is 0.0230. The molecule has 7 nitrogen and oxygen atoms in total. The van der Waals surface area contributed by atoms with Gasteiger partial charge >= 0.3 is 0 Å². The van der Waals surface area contributed by atoms with Gasteiger partial charge in [-0.1, -0.05) is 60.7 Å². The van der Waals surface area contributed by atoms with E-state index in [2.05, 4.69) is 84.6 Å².